The van der Waals surface area contributed by atoms with Crippen molar-refractivity contribution in [3.63, 3.8) is 0 Å². The number of hydrogen-bond acceptors (Lipinski definition) is 4. The number of halogens is 1. The van der Waals surface area contributed by atoms with Gasteiger partial charge in [-0.05, 0) is 62.2 Å². The van der Waals surface area contributed by atoms with Gasteiger partial charge in [0, 0.05) is 40.8 Å². The molecule has 0 N–H and O–H groups in total. The molecule has 5 heteroatoms. The zero-order valence-corrected chi connectivity index (χ0v) is 15.3. The molecule has 2 aromatic carbocycles. The van der Waals surface area contributed by atoms with E-state index in [1.54, 1.807) is 42.5 Å². The van der Waals surface area contributed by atoms with Gasteiger partial charge in [-0.15, -0.1) is 0 Å². The summed E-state index contributed by atoms with van der Waals surface area (Å²) in [5.41, 5.74) is 2.62. The lowest BCUT2D eigenvalue weighted by Gasteiger charge is -2.34. The van der Waals surface area contributed by atoms with Gasteiger partial charge in [0.25, 0.3) is 0 Å². The Labute approximate surface area is 158 Å². The zero-order chi connectivity index (χ0) is 18.7. The summed E-state index contributed by atoms with van der Waals surface area (Å²) in [7, 11) is 0. The number of Topliss-reactive ketones (excluding diaryl/α,β-unsaturated/α-hetero) is 2. The van der Waals surface area contributed by atoms with E-state index in [0.29, 0.717) is 34.8 Å². The van der Waals surface area contributed by atoms with E-state index < -0.39 is 0 Å². The van der Waals surface area contributed by atoms with Crippen LogP contribution in [0.3, 0.4) is 0 Å². The Morgan fingerprint density at radius 1 is 1.12 bits per heavy atom. The number of nitriles is 1. The summed E-state index contributed by atoms with van der Waals surface area (Å²) in [6, 6.07) is 14.3. The largest absolute Gasteiger partial charge is 0.371 e. The molecule has 0 aromatic heterocycles. The van der Waals surface area contributed by atoms with Gasteiger partial charge < -0.3 is 4.90 Å². The van der Waals surface area contributed by atoms with E-state index in [-0.39, 0.29) is 17.5 Å². The SMILES string of the molecule is CC(=O)c1ccc(C#N)cc1N1CCC(C(=O)c2ccc(Cl)cc2)CC1. The van der Waals surface area contributed by atoms with Crippen molar-refractivity contribution in [2.75, 3.05) is 18.0 Å². The molecule has 0 saturated carbocycles. The second kappa shape index (κ2) is 7.72. The van der Waals surface area contributed by atoms with Crippen molar-refractivity contribution in [2.24, 2.45) is 5.92 Å². The van der Waals surface area contributed by atoms with Crippen LogP contribution in [0.5, 0.6) is 0 Å². The van der Waals surface area contributed by atoms with Crippen LogP contribution in [0.4, 0.5) is 5.69 Å². The number of anilines is 1. The van der Waals surface area contributed by atoms with Crippen molar-refractivity contribution in [2.45, 2.75) is 19.8 Å². The van der Waals surface area contributed by atoms with Crippen LogP contribution in [0.25, 0.3) is 0 Å². The van der Waals surface area contributed by atoms with Gasteiger partial charge in [0.05, 0.1) is 11.6 Å². The number of rotatable bonds is 4. The summed E-state index contributed by atoms with van der Waals surface area (Å²) in [5, 5.41) is 9.76. The first-order valence-corrected chi connectivity index (χ1v) is 8.97. The van der Waals surface area contributed by atoms with Gasteiger partial charge in [0.1, 0.15) is 0 Å². The molecule has 1 aliphatic rings. The lowest BCUT2D eigenvalue weighted by atomic mass is 9.88. The van der Waals surface area contributed by atoms with Crippen molar-refractivity contribution in [3.8, 4) is 6.07 Å². The molecule has 2 aromatic rings. The molecule has 4 nitrogen and oxygen atoms in total. The van der Waals surface area contributed by atoms with Gasteiger partial charge in [-0.1, -0.05) is 11.6 Å². The first-order valence-electron chi connectivity index (χ1n) is 8.59. The van der Waals surface area contributed by atoms with Gasteiger partial charge in [-0.3, -0.25) is 9.59 Å². The Morgan fingerprint density at radius 2 is 1.77 bits per heavy atom. The summed E-state index contributed by atoms with van der Waals surface area (Å²) < 4.78 is 0. The first kappa shape index (κ1) is 18.2. The van der Waals surface area contributed by atoms with Crippen LogP contribution in [0.2, 0.25) is 5.02 Å². The molecule has 1 aliphatic heterocycles. The summed E-state index contributed by atoms with van der Waals surface area (Å²) in [6.07, 6.45) is 1.44. The predicted octanol–water partition coefficient (Wildman–Crippen LogP) is 4.51. The van der Waals surface area contributed by atoms with Crippen molar-refractivity contribution in [3.05, 3.63) is 64.2 Å². The fraction of sp³-hybridized carbons (Fsp3) is 0.286. The van der Waals surface area contributed by atoms with E-state index in [1.807, 2.05) is 0 Å². The van der Waals surface area contributed by atoms with Gasteiger partial charge in [-0.2, -0.15) is 5.26 Å². The molecule has 26 heavy (non-hydrogen) atoms. The van der Waals surface area contributed by atoms with E-state index in [4.69, 9.17) is 16.9 Å². The predicted molar refractivity (Wildman–Crippen MR) is 102 cm³/mol. The van der Waals surface area contributed by atoms with E-state index >= 15 is 0 Å². The van der Waals surface area contributed by atoms with Crippen LogP contribution < -0.4 is 4.90 Å². The molecule has 0 radical (unpaired) electrons. The van der Waals surface area contributed by atoms with Gasteiger partial charge >= 0.3 is 0 Å². The summed E-state index contributed by atoms with van der Waals surface area (Å²) in [4.78, 5) is 26.7. The highest BCUT2D eigenvalue weighted by Crippen LogP contribution is 2.29. The Morgan fingerprint density at radius 3 is 2.35 bits per heavy atom. The Hall–Kier alpha value is -2.64. The Kier molecular flexibility index (Phi) is 5.39. The third-order valence-electron chi connectivity index (χ3n) is 4.84. The number of carbonyl (C=O) groups excluding carboxylic acids is 2. The highest BCUT2D eigenvalue weighted by atomic mass is 35.5. The topological polar surface area (TPSA) is 61.2 Å². The molecular formula is C21H19ClN2O2. The highest BCUT2D eigenvalue weighted by Gasteiger charge is 2.27. The number of hydrogen-bond donors (Lipinski definition) is 0. The molecule has 0 atom stereocenters. The normalized spacial score (nSPS) is 14.7. The minimum absolute atomic E-state index is 0.0242. The highest BCUT2D eigenvalue weighted by molar-refractivity contribution is 6.30. The minimum Gasteiger partial charge on any atom is -0.371 e. The first-order chi connectivity index (χ1) is 12.5. The molecule has 132 valence electrons. The standard InChI is InChI=1S/C21H19ClN2O2/c1-14(25)19-7-2-15(13-23)12-20(19)24-10-8-17(9-11-24)21(26)16-3-5-18(22)6-4-16/h2-7,12,17H,8-11H2,1H3. The summed E-state index contributed by atoms with van der Waals surface area (Å²) in [5.74, 6) is 0.0788. The van der Waals surface area contributed by atoms with Crippen LogP contribution >= 0.6 is 11.6 Å². The molecule has 1 fully saturated rings. The van der Waals surface area contributed by atoms with Crippen LogP contribution in [-0.4, -0.2) is 24.7 Å². The number of carbonyl (C=O) groups is 2. The van der Waals surface area contributed by atoms with Crippen molar-refractivity contribution >= 4 is 28.9 Å². The van der Waals surface area contributed by atoms with Gasteiger partial charge in [-0.25, -0.2) is 0 Å². The van der Waals surface area contributed by atoms with E-state index in [9.17, 15) is 9.59 Å². The second-order valence-corrected chi connectivity index (χ2v) is 6.97. The third-order valence-corrected chi connectivity index (χ3v) is 5.09. The molecule has 3 rings (SSSR count). The monoisotopic (exact) mass is 366 g/mol. The molecule has 0 unspecified atom stereocenters. The second-order valence-electron chi connectivity index (χ2n) is 6.53. The Balaban J connectivity index is 1.74. The molecule has 1 saturated heterocycles. The zero-order valence-electron chi connectivity index (χ0n) is 14.5. The number of ketones is 2. The third kappa shape index (κ3) is 3.79. The average Bonchev–Trinajstić information content (AvgIpc) is 2.67. The summed E-state index contributed by atoms with van der Waals surface area (Å²) >= 11 is 5.89. The van der Waals surface area contributed by atoms with Gasteiger partial charge in [0.15, 0.2) is 11.6 Å². The smallest absolute Gasteiger partial charge is 0.166 e. The van der Waals surface area contributed by atoms with Gasteiger partial charge in [0.2, 0.25) is 0 Å². The fourth-order valence-corrected chi connectivity index (χ4v) is 3.52. The number of nitrogens with zero attached hydrogens (tertiary/aromatic N) is 2. The Bertz CT molecular complexity index is 876. The quantitative estimate of drug-likeness (QED) is 0.747. The van der Waals surface area contributed by atoms with Crippen LogP contribution in [0, 0.1) is 17.2 Å². The molecule has 1 heterocycles. The maximum atomic E-state index is 12.7. The molecule has 0 amide bonds. The maximum absolute atomic E-state index is 12.7. The van der Waals surface area contributed by atoms with E-state index in [0.717, 1.165) is 18.5 Å². The van der Waals surface area contributed by atoms with Crippen LogP contribution in [0.1, 0.15) is 46.0 Å². The van der Waals surface area contributed by atoms with Crippen molar-refractivity contribution in [1.82, 2.24) is 0 Å². The molecule has 0 bridgehead atoms. The average molecular weight is 367 g/mol. The number of benzene rings is 2. The lowest BCUT2D eigenvalue weighted by molar-refractivity contribution is 0.0899. The molecule has 0 aliphatic carbocycles. The molecular weight excluding hydrogens is 348 g/mol. The fourth-order valence-electron chi connectivity index (χ4n) is 3.39. The van der Waals surface area contributed by atoms with E-state index in [2.05, 4.69) is 11.0 Å². The molecule has 0 spiro atoms. The number of piperidine rings is 1. The van der Waals surface area contributed by atoms with Crippen LogP contribution in [-0.2, 0) is 0 Å². The van der Waals surface area contributed by atoms with E-state index in [1.165, 1.54) is 6.92 Å². The minimum atomic E-state index is -0.0349. The maximum Gasteiger partial charge on any atom is 0.166 e. The van der Waals surface area contributed by atoms with Crippen LogP contribution in [0.15, 0.2) is 42.5 Å². The summed E-state index contributed by atoms with van der Waals surface area (Å²) in [6.45, 7) is 2.89. The van der Waals surface area contributed by atoms with Crippen molar-refractivity contribution < 1.29 is 9.59 Å². The lowest BCUT2D eigenvalue weighted by Crippen LogP contribution is -2.37. The van der Waals surface area contributed by atoms with Crippen molar-refractivity contribution in [1.29, 1.82) is 5.26 Å².